The van der Waals surface area contributed by atoms with Crippen molar-refractivity contribution in [3.8, 4) is 0 Å². The van der Waals surface area contributed by atoms with Gasteiger partial charge in [0.15, 0.2) is 0 Å². The Morgan fingerprint density at radius 1 is 1.04 bits per heavy atom. The highest BCUT2D eigenvalue weighted by Crippen LogP contribution is 2.30. The average molecular weight is 317 g/mol. The van der Waals surface area contributed by atoms with E-state index >= 15 is 0 Å². The second kappa shape index (κ2) is 7.00. The summed E-state index contributed by atoms with van der Waals surface area (Å²) in [6, 6.07) is 7.11. The minimum atomic E-state index is -0.209. The molecule has 2 fully saturated rings. The molecule has 2 unspecified atom stereocenters. The Kier molecular flexibility index (Phi) is 4.81. The molecule has 6 heteroatoms. The van der Waals surface area contributed by atoms with Crippen LogP contribution in [0.2, 0.25) is 0 Å². The van der Waals surface area contributed by atoms with E-state index in [0.717, 1.165) is 31.4 Å². The fourth-order valence-corrected chi connectivity index (χ4v) is 2.71. The van der Waals surface area contributed by atoms with Crippen molar-refractivity contribution < 1.29 is 14.3 Å². The molecule has 23 heavy (non-hydrogen) atoms. The van der Waals surface area contributed by atoms with Crippen LogP contribution in [0, 0.1) is 5.92 Å². The third-order valence-corrected chi connectivity index (χ3v) is 4.18. The van der Waals surface area contributed by atoms with Gasteiger partial charge in [0.25, 0.3) is 0 Å². The number of carbonyl (C=O) groups excluding carboxylic acids is 2. The predicted molar refractivity (Wildman–Crippen MR) is 88.4 cm³/mol. The van der Waals surface area contributed by atoms with Crippen LogP contribution in [0.4, 0.5) is 16.2 Å². The smallest absolute Gasteiger partial charge is 0.319 e. The third-order valence-electron chi connectivity index (χ3n) is 4.18. The van der Waals surface area contributed by atoms with Crippen LogP contribution in [-0.4, -0.2) is 30.7 Å². The number of rotatable bonds is 4. The normalized spacial score (nSPS) is 23.9. The molecule has 3 rings (SSSR count). The molecule has 1 aromatic carbocycles. The molecule has 2 atom stereocenters. The summed E-state index contributed by atoms with van der Waals surface area (Å²) in [5, 5.41) is 8.66. The molecule has 2 aliphatic rings. The van der Waals surface area contributed by atoms with Gasteiger partial charge in [-0.2, -0.15) is 0 Å². The predicted octanol–water partition coefficient (Wildman–Crippen LogP) is 2.72. The number of benzene rings is 1. The second-order valence-corrected chi connectivity index (χ2v) is 6.34. The fraction of sp³-hybridized carbons (Fsp3) is 0.529. The van der Waals surface area contributed by atoms with Gasteiger partial charge in [0.2, 0.25) is 5.91 Å². The molecule has 1 saturated heterocycles. The van der Waals surface area contributed by atoms with Gasteiger partial charge in [-0.3, -0.25) is 4.79 Å². The number of urea groups is 1. The zero-order valence-corrected chi connectivity index (χ0v) is 13.3. The van der Waals surface area contributed by atoms with E-state index in [1.165, 1.54) is 0 Å². The summed E-state index contributed by atoms with van der Waals surface area (Å²) < 4.78 is 5.47. The van der Waals surface area contributed by atoms with Crippen molar-refractivity contribution in [2.24, 2.45) is 5.92 Å². The SMILES string of the molecule is CC1CC(NC(=O)Nc2ccc(NC(=O)C3CC3)cc2)CCO1. The quantitative estimate of drug-likeness (QED) is 0.799. The van der Waals surface area contributed by atoms with E-state index in [1.807, 2.05) is 6.92 Å². The number of nitrogens with one attached hydrogen (secondary N) is 3. The topological polar surface area (TPSA) is 79.5 Å². The minimum Gasteiger partial charge on any atom is -0.378 e. The fourth-order valence-electron chi connectivity index (χ4n) is 2.71. The van der Waals surface area contributed by atoms with Crippen LogP contribution in [0.3, 0.4) is 0 Å². The van der Waals surface area contributed by atoms with Gasteiger partial charge in [-0.25, -0.2) is 4.79 Å². The van der Waals surface area contributed by atoms with Crippen LogP contribution in [0.15, 0.2) is 24.3 Å². The molecule has 6 nitrogen and oxygen atoms in total. The standard InChI is InChI=1S/C17H23N3O3/c1-11-10-15(8-9-23-11)20-17(22)19-14-6-4-13(5-7-14)18-16(21)12-2-3-12/h4-7,11-12,15H,2-3,8-10H2,1H3,(H,18,21)(H2,19,20,22). The molecule has 3 N–H and O–H groups in total. The molecule has 0 radical (unpaired) electrons. The van der Waals surface area contributed by atoms with Gasteiger partial charge in [0.1, 0.15) is 0 Å². The van der Waals surface area contributed by atoms with Crippen molar-refractivity contribution in [3.05, 3.63) is 24.3 Å². The highest BCUT2D eigenvalue weighted by molar-refractivity contribution is 5.94. The van der Waals surface area contributed by atoms with Crippen LogP contribution < -0.4 is 16.0 Å². The van der Waals surface area contributed by atoms with Gasteiger partial charge < -0.3 is 20.7 Å². The van der Waals surface area contributed by atoms with Crippen LogP contribution in [0.5, 0.6) is 0 Å². The van der Waals surface area contributed by atoms with Crippen LogP contribution >= 0.6 is 0 Å². The summed E-state index contributed by atoms with van der Waals surface area (Å²) in [5.74, 6) is 0.262. The van der Waals surface area contributed by atoms with E-state index in [2.05, 4.69) is 16.0 Å². The van der Waals surface area contributed by atoms with Gasteiger partial charge in [-0.15, -0.1) is 0 Å². The molecule has 1 heterocycles. The van der Waals surface area contributed by atoms with E-state index < -0.39 is 0 Å². The summed E-state index contributed by atoms with van der Waals surface area (Å²) >= 11 is 0. The average Bonchev–Trinajstić information content (AvgIpc) is 3.34. The summed E-state index contributed by atoms with van der Waals surface area (Å²) in [4.78, 5) is 23.7. The Balaban J connectivity index is 1.47. The van der Waals surface area contributed by atoms with Crippen molar-refractivity contribution in [2.45, 2.75) is 44.8 Å². The lowest BCUT2D eigenvalue weighted by Crippen LogP contribution is -2.43. The molecule has 1 aromatic rings. The Hall–Kier alpha value is -2.08. The molecule has 0 bridgehead atoms. The summed E-state index contributed by atoms with van der Waals surface area (Å²) in [6.07, 6.45) is 3.82. The third kappa shape index (κ3) is 4.69. The highest BCUT2D eigenvalue weighted by Gasteiger charge is 2.29. The molecule has 3 amide bonds. The maximum absolute atomic E-state index is 12.0. The minimum absolute atomic E-state index is 0.0806. The summed E-state index contributed by atoms with van der Waals surface area (Å²) in [5.41, 5.74) is 1.46. The van der Waals surface area contributed by atoms with Gasteiger partial charge >= 0.3 is 6.03 Å². The maximum Gasteiger partial charge on any atom is 0.319 e. The molecular formula is C17H23N3O3. The Morgan fingerprint density at radius 3 is 2.30 bits per heavy atom. The van der Waals surface area contributed by atoms with Gasteiger partial charge in [0.05, 0.1) is 6.10 Å². The van der Waals surface area contributed by atoms with E-state index in [0.29, 0.717) is 12.3 Å². The van der Waals surface area contributed by atoms with Gasteiger partial charge in [-0.05, 0) is 56.9 Å². The van der Waals surface area contributed by atoms with Crippen LogP contribution in [-0.2, 0) is 9.53 Å². The van der Waals surface area contributed by atoms with Crippen molar-refractivity contribution in [3.63, 3.8) is 0 Å². The first-order valence-electron chi connectivity index (χ1n) is 8.20. The second-order valence-electron chi connectivity index (χ2n) is 6.34. The molecule has 1 aliphatic heterocycles. The van der Waals surface area contributed by atoms with Crippen molar-refractivity contribution in [2.75, 3.05) is 17.2 Å². The number of hydrogen-bond donors (Lipinski definition) is 3. The maximum atomic E-state index is 12.0. The first-order chi connectivity index (χ1) is 11.1. The van der Waals surface area contributed by atoms with Crippen LogP contribution in [0.1, 0.15) is 32.6 Å². The van der Waals surface area contributed by atoms with Crippen LogP contribution in [0.25, 0.3) is 0 Å². The highest BCUT2D eigenvalue weighted by atomic mass is 16.5. The first kappa shape index (κ1) is 15.8. The zero-order chi connectivity index (χ0) is 16.2. The first-order valence-corrected chi connectivity index (χ1v) is 8.20. The number of carbonyl (C=O) groups is 2. The monoisotopic (exact) mass is 317 g/mol. The molecule has 1 saturated carbocycles. The van der Waals surface area contributed by atoms with Crippen molar-refractivity contribution >= 4 is 23.3 Å². The lowest BCUT2D eigenvalue weighted by Gasteiger charge is -2.27. The summed E-state index contributed by atoms with van der Waals surface area (Å²) in [7, 11) is 0. The lowest BCUT2D eigenvalue weighted by molar-refractivity contribution is -0.117. The number of amides is 3. The van der Waals surface area contributed by atoms with Gasteiger partial charge in [0, 0.05) is 29.9 Å². The van der Waals surface area contributed by atoms with Gasteiger partial charge in [-0.1, -0.05) is 0 Å². The van der Waals surface area contributed by atoms with Crippen molar-refractivity contribution in [1.29, 1.82) is 0 Å². The van der Waals surface area contributed by atoms with E-state index in [9.17, 15) is 9.59 Å². The number of hydrogen-bond acceptors (Lipinski definition) is 3. The molecule has 1 aliphatic carbocycles. The molecule has 124 valence electrons. The largest absolute Gasteiger partial charge is 0.378 e. The number of ether oxygens (including phenoxy) is 1. The van der Waals surface area contributed by atoms with Crippen molar-refractivity contribution in [1.82, 2.24) is 5.32 Å². The Morgan fingerprint density at radius 2 is 1.70 bits per heavy atom. The molecular weight excluding hydrogens is 294 g/mol. The molecule has 0 aromatic heterocycles. The van der Waals surface area contributed by atoms with E-state index in [1.54, 1.807) is 24.3 Å². The zero-order valence-electron chi connectivity index (χ0n) is 13.3. The Bertz CT molecular complexity index is 569. The van der Waals surface area contributed by atoms with E-state index in [4.69, 9.17) is 4.74 Å². The van der Waals surface area contributed by atoms with E-state index in [-0.39, 0.29) is 30.0 Å². The summed E-state index contributed by atoms with van der Waals surface area (Å²) in [6.45, 7) is 2.70. The Labute approximate surface area is 136 Å². The lowest BCUT2D eigenvalue weighted by atomic mass is 10.0. The number of anilines is 2. The molecule has 0 spiro atoms.